The molecule has 4 nitrogen and oxygen atoms in total. The summed E-state index contributed by atoms with van der Waals surface area (Å²) < 4.78 is 4.80. The van der Waals surface area contributed by atoms with E-state index < -0.39 is 0 Å². The minimum atomic E-state index is -0.347. The van der Waals surface area contributed by atoms with Gasteiger partial charge in [0, 0.05) is 18.0 Å². The quantitative estimate of drug-likeness (QED) is 0.379. The van der Waals surface area contributed by atoms with Crippen molar-refractivity contribution in [1.82, 2.24) is 5.32 Å². The number of hydrogen-bond donors (Lipinski definition) is 2. The Balaban J connectivity index is 1.71. The summed E-state index contributed by atoms with van der Waals surface area (Å²) in [6, 6.07) is 14.0. The van der Waals surface area contributed by atoms with Gasteiger partial charge in [0.1, 0.15) is 0 Å². The van der Waals surface area contributed by atoms with Gasteiger partial charge in [0.2, 0.25) is 0 Å². The van der Waals surface area contributed by atoms with Gasteiger partial charge < -0.3 is 15.4 Å². The van der Waals surface area contributed by atoms with Gasteiger partial charge in [-0.1, -0.05) is 30.3 Å². The molecular weight excluding hydrogens is 376 g/mol. The molecule has 0 aliphatic rings. The van der Waals surface area contributed by atoms with E-state index in [0.717, 1.165) is 35.7 Å². The van der Waals surface area contributed by atoms with Crippen LogP contribution in [-0.4, -0.2) is 30.5 Å². The lowest BCUT2D eigenvalue weighted by molar-refractivity contribution is 0.0600. The van der Waals surface area contributed by atoms with Crippen molar-refractivity contribution in [2.24, 2.45) is 0 Å². The van der Waals surface area contributed by atoms with Crippen molar-refractivity contribution in [2.75, 3.05) is 24.7 Å². The summed E-state index contributed by atoms with van der Waals surface area (Å²) >= 11 is 7.29. The van der Waals surface area contributed by atoms with E-state index in [-0.39, 0.29) is 5.97 Å². The number of nitrogens with one attached hydrogen (secondary N) is 2. The molecule has 0 radical (unpaired) electrons. The Kier molecular flexibility index (Phi) is 8.61. The average molecular weight is 403 g/mol. The number of anilines is 1. The topological polar surface area (TPSA) is 50.4 Å². The van der Waals surface area contributed by atoms with Gasteiger partial charge in [-0.3, -0.25) is 0 Å². The van der Waals surface area contributed by atoms with Crippen molar-refractivity contribution in [3.63, 3.8) is 0 Å². The maximum Gasteiger partial charge on any atom is 0.338 e. The second kappa shape index (κ2) is 10.9. The molecule has 0 atom stereocenters. The molecule has 0 amide bonds. The highest BCUT2D eigenvalue weighted by Crippen LogP contribution is 2.20. The lowest BCUT2D eigenvalue weighted by Crippen LogP contribution is -2.30. The Morgan fingerprint density at radius 1 is 1.15 bits per heavy atom. The van der Waals surface area contributed by atoms with Gasteiger partial charge in [0.25, 0.3) is 0 Å². The maximum absolute atomic E-state index is 11.8. The predicted molar refractivity (Wildman–Crippen MR) is 119 cm³/mol. The number of carbonyl (C=O) groups is 1. The molecule has 0 heterocycles. The SMILES string of the molecule is COC(=O)c1cccc(NC(=S)NCCCSCc2ccccc2C)c1C. The minimum Gasteiger partial charge on any atom is -0.465 e. The second-order valence-corrected chi connectivity index (χ2v) is 7.70. The van der Waals surface area contributed by atoms with Crippen LogP contribution >= 0.6 is 24.0 Å². The van der Waals surface area contributed by atoms with Crippen LogP contribution in [0.25, 0.3) is 0 Å². The molecule has 0 aromatic heterocycles. The first-order chi connectivity index (χ1) is 13.0. The van der Waals surface area contributed by atoms with Crippen molar-refractivity contribution in [1.29, 1.82) is 0 Å². The molecular formula is C21H26N2O2S2. The molecule has 2 aromatic carbocycles. The molecule has 0 saturated heterocycles. The normalized spacial score (nSPS) is 10.3. The van der Waals surface area contributed by atoms with Gasteiger partial charge in [-0.25, -0.2) is 4.79 Å². The number of benzene rings is 2. The lowest BCUT2D eigenvalue weighted by Gasteiger charge is -2.14. The first-order valence-corrected chi connectivity index (χ1v) is 10.4. The number of hydrogen-bond acceptors (Lipinski definition) is 4. The first-order valence-electron chi connectivity index (χ1n) is 8.88. The van der Waals surface area contributed by atoms with Crippen molar-refractivity contribution < 1.29 is 9.53 Å². The van der Waals surface area contributed by atoms with E-state index in [1.165, 1.54) is 18.2 Å². The summed E-state index contributed by atoms with van der Waals surface area (Å²) in [5, 5.41) is 6.94. The van der Waals surface area contributed by atoms with Crippen molar-refractivity contribution >= 4 is 40.7 Å². The first kappa shape index (κ1) is 21.3. The number of rotatable bonds is 8. The third-order valence-electron chi connectivity index (χ3n) is 4.26. The Hall–Kier alpha value is -2.05. The molecule has 0 saturated carbocycles. The number of carbonyl (C=O) groups excluding carboxylic acids is 1. The molecule has 2 aromatic rings. The standard InChI is InChI=1S/C21H26N2O2S2/c1-15-8-4-5-9-17(15)14-27-13-7-12-22-21(26)23-19-11-6-10-18(16(19)2)20(24)25-3/h4-6,8-11H,7,12-14H2,1-3H3,(H2,22,23,26). The van der Waals surface area contributed by atoms with Crippen molar-refractivity contribution in [2.45, 2.75) is 26.0 Å². The second-order valence-electron chi connectivity index (χ2n) is 6.18. The van der Waals surface area contributed by atoms with Crippen LogP contribution in [-0.2, 0) is 10.5 Å². The highest BCUT2D eigenvalue weighted by atomic mass is 32.2. The number of methoxy groups -OCH3 is 1. The van der Waals surface area contributed by atoms with Crippen LogP contribution < -0.4 is 10.6 Å². The number of thioether (sulfide) groups is 1. The number of esters is 1. The monoisotopic (exact) mass is 402 g/mol. The molecule has 0 bridgehead atoms. The Morgan fingerprint density at radius 3 is 2.67 bits per heavy atom. The van der Waals surface area contributed by atoms with Crippen LogP contribution in [0.3, 0.4) is 0 Å². The zero-order valence-corrected chi connectivity index (χ0v) is 17.6. The zero-order valence-electron chi connectivity index (χ0n) is 16.0. The molecule has 144 valence electrons. The Labute approximate surface area is 171 Å². The maximum atomic E-state index is 11.8. The molecule has 0 spiro atoms. The molecule has 2 N–H and O–H groups in total. The molecule has 0 aliphatic carbocycles. The highest BCUT2D eigenvalue weighted by molar-refractivity contribution is 7.98. The van der Waals surface area contributed by atoms with E-state index in [1.807, 2.05) is 30.8 Å². The van der Waals surface area contributed by atoms with Crippen molar-refractivity contribution in [3.8, 4) is 0 Å². The summed E-state index contributed by atoms with van der Waals surface area (Å²) in [5.41, 5.74) is 4.91. The van der Waals surface area contributed by atoms with E-state index >= 15 is 0 Å². The minimum absolute atomic E-state index is 0.347. The van der Waals surface area contributed by atoms with Crippen LogP contribution in [0.4, 0.5) is 5.69 Å². The predicted octanol–water partition coefficient (Wildman–Crippen LogP) is 4.70. The average Bonchev–Trinajstić information content (AvgIpc) is 2.67. The van der Waals surface area contributed by atoms with Crippen LogP contribution in [0.1, 0.15) is 33.5 Å². The fraction of sp³-hybridized carbons (Fsp3) is 0.333. The van der Waals surface area contributed by atoms with E-state index in [0.29, 0.717) is 10.7 Å². The summed E-state index contributed by atoms with van der Waals surface area (Å²) in [7, 11) is 1.38. The van der Waals surface area contributed by atoms with E-state index in [9.17, 15) is 4.79 Å². The fourth-order valence-electron chi connectivity index (χ4n) is 2.60. The Bertz CT molecular complexity index is 794. The van der Waals surface area contributed by atoms with E-state index in [2.05, 4.69) is 41.8 Å². The third-order valence-corrected chi connectivity index (χ3v) is 5.60. The number of aryl methyl sites for hydroxylation is 1. The molecule has 6 heteroatoms. The molecule has 27 heavy (non-hydrogen) atoms. The summed E-state index contributed by atoms with van der Waals surface area (Å²) in [5.74, 6) is 1.76. The summed E-state index contributed by atoms with van der Waals surface area (Å²) in [6.45, 7) is 4.83. The van der Waals surface area contributed by atoms with Crippen LogP contribution in [0, 0.1) is 13.8 Å². The largest absolute Gasteiger partial charge is 0.465 e. The number of thiocarbonyl (C=S) groups is 1. The smallest absolute Gasteiger partial charge is 0.338 e. The van der Waals surface area contributed by atoms with Crippen LogP contribution in [0.5, 0.6) is 0 Å². The highest BCUT2D eigenvalue weighted by Gasteiger charge is 2.12. The van der Waals surface area contributed by atoms with Gasteiger partial charge in [-0.15, -0.1) is 0 Å². The fourth-order valence-corrected chi connectivity index (χ4v) is 3.85. The molecule has 2 rings (SSSR count). The van der Waals surface area contributed by atoms with Gasteiger partial charge >= 0.3 is 5.97 Å². The van der Waals surface area contributed by atoms with Gasteiger partial charge in [-0.05, 0) is 67.1 Å². The van der Waals surface area contributed by atoms with Gasteiger partial charge in [0.05, 0.1) is 12.7 Å². The lowest BCUT2D eigenvalue weighted by atomic mass is 10.1. The zero-order chi connectivity index (χ0) is 19.6. The summed E-state index contributed by atoms with van der Waals surface area (Å²) in [4.78, 5) is 11.8. The molecule has 0 unspecified atom stereocenters. The third kappa shape index (κ3) is 6.56. The Morgan fingerprint density at radius 2 is 1.93 bits per heavy atom. The van der Waals surface area contributed by atoms with E-state index in [1.54, 1.807) is 6.07 Å². The van der Waals surface area contributed by atoms with Crippen LogP contribution in [0.2, 0.25) is 0 Å². The van der Waals surface area contributed by atoms with E-state index in [4.69, 9.17) is 17.0 Å². The summed E-state index contributed by atoms with van der Waals surface area (Å²) in [6.07, 6.45) is 1.03. The van der Waals surface area contributed by atoms with Gasteiger partial charge in [-0.2, -0.15) is 11.8 Å². The van der Waals surface area contributed by atoms with Crippen LogP contribution in [0.15, 0.2) is 42.5 Å². The number of ether oxygens (including phenoxy) is 1. The molecule has 0 fully saturated rings. The van der Waals surface area contributed by atoms with Gasteiger partial charge in [0.15, 0.2) is 5.11 Å². The molecule has 0 aliphatic heterocycles. The van der Waals surface area contributed by atoms with Crippen molar-refractivity contribution in [3.05, 3.63) is 64.7 Å².